The van der Waals surface area contributed by atoms with Crippen molar-refractivity contribution in [3.8, 4) is 0 Å². The minimum atomic E-state index is -0.698. The Labute approximate surface area is 112 Å². The summed E-state index contributed by atoms with van der Waals surface area (Å²) in [5, 5.41) is 10.4. The zero-order valence-electron chi connectivity index (χ0n) is 10.6. The lowest BCUT2D eigenvalue weighted by Gasteiger charge is -2.46. The van der Waals surface area contributed by atoms with Gasteiger partial charge in [0.15, 0.2) is 0 Å². The molecule has 2 rings (SSSR count). The van der Waals surface area contributed by atoms with E-state index in [1.807, 2.05) is 6.92 Å². The molecule has 0 spiro atoms. The molecule has 1 aliphatic rings. The number of aliphatic hydroxyl groups is 1. The van der Waals surface area contributed by atoms with Gasteiger partial charge in [-0.2, -0.15) is 0 Å². The van der Waals surface area contributed by atoms with Crippen LogP contribution in [0.5, 0.6) is 0 Å². The normalized spacial score (nSPS) is 17.4. The predicted octanol–water partition coefficient (Wildman–Crippen LogP) is 2.03. The zero-order valence-corrected chi connectivity index (χ0v) is 11.4. The summed E-state index contributed by atoms with van der Waals surface area (Å²) in [5.41, 5.74) is 0.553. The molecule has 0 aliphatic carbocycles. The molecular weight excluding hydrogens is 252 g/mol. The van der Waals surface area contributed by atoms with Crippen LogP contribution in [0.1, 0.15) is 35.8 Å². The van der Waals surface area contributed by atoms with E-state index < -0.39 is 5.60 Å². The SMILES string of the molecule is CCCC1(O)CN(C(=O)c2cc(C)nc(Cl)c2)C1. The Bertz CT molecular complexity index is 450. The Morgan fingerprint density at radius 1 is 1.56 bits per heavy atom. The first-order valence-electron chi connectivity index (χ1n) is 6.09. The van der Waals surface area contributed by atoms with Gasteiger partial charge in [-0.1, -0.05) is 24.9 Å². The Kier molecular flexibility index (Phi) is 3.59. The number of halogens is 1. The van der Waals surface area contributed by atoms with Gasteiger partial charge in [0, 0.05) is 11.3 Å². The maximum absolute atomic E-state index is 12.2. The highest BCUT2D eigenvalue weighted by Crippen LogP contribution is 2.27. The van der Waals surface area contributed by atoms with E-state index in [4.69, 9.17) is 11.6 Å². The molecule has 1 amide bonds. The number of hydrogen-bond acceptors (Lipinski definition) is 3. The van der Waals surface area contributed by atoms with E-state index in [0.717, 1.165) is 18.5 Å². The Morgan fingerprint density at radius 2 is 2.22 bits per heavy atom. The van der Waals surface area contributed by atoms with Crippen LogP contribution in [0.2, 0.25) is 5.15 Å². The first-order valence-corrected chi connectivity index (χ1v) is 6.47. The molecule has 18 heavy (non-hydrogen) atoms. The first-order chi connectivity index (χ1) is 8.43. The fourth-order valence-electron chi connectivity index (χ4n) is 2.37. The number of carbonyl (C=O) groups excluding carboxylic acids is 1. The van der Waals surface area contributed by atoms with Gasteiger partial charge in [0.1, 0.15) is 5.15 Å². The van der Waals surface area contributed by atoms with Crippen molar-refractivity contribution >= 4 is 17.5 Å². The number of aryl methyl sites for hydroxylation is 1. The van der Waals surface area contributed by atoms with Crippen molar-refractivity contribution in [1.29, 1.82) is 0 Å². The van der Waals surface area contributed by atoms with Gasteiger partial charge >= 0.3 is 0 Å². The fourth-order valence-corrected chi connectivity index (χ4v) is 2.62. The molecule has 1 saturated heterocycles. The van der Waals surface area contributed by atoms with E-state index in [1.54, 1.807) is 24.0 Å². The van der Waals surface area contributed by atoms with Crippen molar-refractivity contribution < 1.29 is 9.90 Å². The average molecular weight is 269 g/mol. The van der Waals surface area contributed by atoms with Crippen molar-refractivity contribution in [2.45, 2.75) is 32.3 Å². The van der Waals surface area contributed by atoms with Gasteiger partial charge in [0.25, 0.3) is 5.91 Å². The molecule has 5 heteroatoms. The van der Waals surface area contributed by atoms with Gasteiger partial charge in [-0.15, -0.1) is 0 Å². The van der Waals surface area contributed by atoms with Gasteiger partial charge in [-0.05, 0) is 25.5 Å². The number of pyridine rings is 1. The Hall–Kier alpha value is -1.13. The highest BCUT2D eigenvalue weighted by Gasteiger charge is 2.42. The van der Waals surface area contributed by atoms with E-state index in [1.165, 1.54) is 0 Å². The summed E-state index contributed by atoms with van der Waals surface area (Å²) in [6.07, 6.45) is 1.64. The number of nitrogens with zero attached hydrogens (tertiary/aromatic N) is 2. The molecular formula is C13H17ClN2O2. The quantitative estimate of drug-likeness (QED) is 0.854. The second-order valence-corrected chi connectivity index (χ2v) is 5.34. The molecule has 0 atom stereocenters. The van der Waals surface area contributed by atoms with Crippen molar-refractivity contribution in [1.82, 2.24) is 9.88 Å². The number of rotatable bonds is 3. The molecule has 0 unspecified atom stereocenters. The summed E-state index contributed by atoms with van der Waals surface area (Å²) < 4.78 is 0. The van der Waals surface area contributed by atoms with E-state index in [2.05, 4.69) is 4.98 Å². The molecule has 1 fully saturated rings. The highest BCUT2D eigenvalue weighted by atomic mass is 35.5. The monoisotopic (exact) mass is 268 g/mol. The molecule has 1 aromatic rings. The lowest BCUT2D eigenvalue weighted by atomic mass is 9.89. The van der Waals surface area contributed by atoms with E-state index in [-0.39, 0.29) is 5.91 Å². The van der Waals surface area contributed by atoms with E-state index >= 15 is 0 Å². The number of carbonyl (C=O) groups is 1. The van der Waals surface area contributed by atoms with Gasteiger partial charge in [0.2, 0.25) is 0 Å². The van der Waals surface area contributed by atoms with Crippen molar-refractivity contribution in [3.63, 3.8) is 0 Å². The second-order valence-electron chi connectivity index (χ2n) is 4.96. The number of β-amino-alcohol motifs (C(OH)–C–C–N with tert-alkyl or cyclic N) is 1. The molecule has 98 valence electrons. The standard InChI is InChI=1S/C13H17ClN2O2/c1-3-4-13(18)7-16(8-13)12(17)10-5-9(2)15-11(14)6-10/h5-6,18H,3-4,7-8H2,1-2H3. The van der Waals surface area contributed by atoms with E-state index in [0.29, 0.717) is 23.8 Å². The van der Waals surface area contributed by atoms with Crippen LogP contribution in [0.3, 0.4) is 0 Å². The van der Waals surface area contributed by atoms with Crippen molar-refractivity contribution in [3.05, 3.63) is 28.5 Å². The van der Waals surface area contributed by atoms with Gasteiger partial charge in [-0.3, -0.25) is 4.79 Å². The zero-order chi connectivity index (χ0) is 13.3. The minimum absolute atomic E-state index is 0.0943. The van der Waals surface area contributed by atoms with Crippen LogP contribution in [0, 0.1) is 6.92 Å². The fraction of sp³-hybridized carbons (Fsp3) is 0.538. The largest absolute Gasteiger partial charge is 0.386 e. The molecule has 1 N–H and O–H groups in total. The molecule has 0 saturated carbocycles. The minimum Gasteiger partial charge on any atom is -0.386 e. The number of amides is 1. The smallest absolute Gasteiger partial charge is 0.254 e. The predicted molar refractivity (Wildman–Crippen MR) is 69.7 cm³/mol. The number of likely N-dealkylation sites (tertiary alicyclic amines) is 1. The van der Waals surface area contributed by atoms with Crippen molar-refractivity contribution in [2.24, 2.45) is 0 Å². The van der Waals surface area contributed by atoms with Crippen LogP contribution >= 0.6 is 11.6 Å². The number of hydrogen-bond donors (Lipinski definition) is 1. The number of aromatic nitrogens is 1. The molecule has 1 aliphatic heterocycles. The van der Waals surface area contributed by atoms with Crippen LogP contribution in [0.15, 0.2) is 12.1 Å². The summed E-state index contributed by atoms with van der Waals surface area (Å²) in [7, 11) is 0. The van der Waals surface area contributed by atoms with Crippen LogP contribution in [0.4, 0.5) is 0 Å². The topological polar surface area (TPSA) is 53.4 Å². The van der Waals surface area contributed by atoms with E-state index in [9.17, 15) is 9.90 Å². The molecule has 1 aromatic heterocycles. The molecule has 2 heterocycles. The third-order valence-electron chi connectivity index (χ3n) is 3.14. The summed E-state index contributed by atoms with van der Waals surface area (Å²) in [6, 6.07) is 3.28. The molecule has 0 radical (unpaired) electrons. The third-order valence-corrected chi connectivity index (χ3v) is 3.34. The van der Waals surface area contributed by atoms with Crippen LogP contribution in [0.25, 0.3) is 0 Å². The van der Waals surface area contributed by atoms with Crippen LogP contribution < -0.4 is 0 Å². The van der Waals surface area contributed by atoms with Crippen LogP contribution in [-0.4, -0.2) is 39.6 Å². The van der Waals surface area contributed by atoms with Crippen molar-refractivity contribution in [2.75, 3.05) is 13.1 Å². The maximum Gasteiger partial charge on any atom is 0.254 e. The molecule has 0 bridgehead atoms. The Balaban J connectivity index is 2.06. The Morgan fingerprint density at radius 3 is 2.78 bits per heavy atom. The van der Waals surface area contributed by atoms with Gasteiger partial charge < -0.3 is 10.0 Å². The molecule has 0 aromatic carbocycles. The molecule has 4 nitrogen and oxygen atoms in total. The van der Waals surface area contributed by atoms with Gasteiger partial charge in [-0.25, -0.2) is 4.98 Å². The summed E-state index contributed by atoms with van der Waals surface area (Å²) >= 11 is 5.83. The van der Waals surface area contributed by atoms with Crippen LogP contribution in [-0.2, 0) is 0 Å². The lowest BCUT2D eigenvalue weighted by Crippen LogP contribution is -2.63. The lowest BCUT2D eigenvalue weighted by molar-refractivity contribution is -0.0860. The second kappa shape index (κ2) is 4.86. The van der Waals surface area contributed by atoms with Gasteiger partial charge in [0.05, 0.1) is 18.7 Å². The summed E-state index contributed by atoms with van der Waals surface area (Å²) in [5.74, 6) is -0.0943. The average Bonchev–Trinajstić information content (AvgIpc) is 2.23. The highest BCUT2D eigenvalue weighted by molar-refractivity contribution is 6.29. The summed E-state index contributed by atoms with van der Waals surface area (Å²) in [4.78, 5) is 17.8. The maximum atomic E-state index is 12.2. The summed E-state index contributed by atoms with van der Waals surface area (Å²) in [6.45, 7) is 4.62. The first kappa shape index (κ1) is 13.3. The third kappa shape index (κ3) is 2.65.